The summed E-state index contributed by atoms with van der Waals surface area (Å²) in [6.07, 6.45) is 3.88. The lowest BCUT2D eigenvalue weighted by Crippen LogP contribution is -2.45. The molecule has 0 radical (unpaired) electrons. The number of nitrogens with zero attached hydrogens (tertiary/aromatic N) is 2. The Bertz CT molecular complexity index is 1040. The topological polar surface area (TPSA) is 99.2 Å². The summed E-state index contributed by atoms with van der Waals surface area (Å²) in [6.45, 7) is 4.03. The largest absolute Gasteiger partial charge is 0.388 e. The van der Waals surface area contributed by atoms with E-state index in [1.165, 1.54) is 6.08 Å². The Labute approximate surface area is 190 Å². The molecule has 3 aliphatic rings. The molecule has 1 aromatic carbocycles. The zero-order valence-electron chi connectivity index (χ0n) is 17.5. The van der Waals surface area contributed by atoms with Crippen molar-refractivity contribution in [3.05, 3.63) is 54.5 Å². The highest BCUT2D eigenvalue weighted by Gasteiger charge is 2.53. The first-order valence-corrected chi connectivity index (χ1v) is 11.9. The van der Waals surface area contributed by atoms with E-state index in [4.69, 9.17) is 0 Å². The normalized spacial score (nSPS) is 30.6. The number of hydrogen-bond acceptors (Lipinski definition) is 7. The summed E-state index contributed by atoms with van der Waals surface area (Å²) in [5.74, 6) is 1.20. The van der Waals surface area contributed by atoms with Crippen LogP contribution in [0.4, 0.5) is 21.8 Å². The number of amides is 1. The van der Waals surface area contributed by atoms with Crippen molar-refractivity contribution in [2.75, 3.05) is 22.9 Å². The van der Waals surface area contributed by atoms with Crippen molar-refractivity contribution < 1.29 is 14.3 Å². The van der Waals surface area contributed by atoms with Gasteiger partial charge in [0.2, 0.25) is 11.9 Å². The SMILES string of the molecule is C=CC(=O)NC[C@H]1[C@@H]2C[C@H]3[C@H]1Nc1nc(ncc1F)Nc1cccc(c1)C(O)CS[C@@H]3C2. The van der Waals surface area contributed by atoms with Gasteiger partial charge in [-0.1, -0.05) is 18.7 Å². The van der Waals surface area contributed by atoms with Crippen molar-refractivity contribution >= 4 is 35.1 Å². The summed E-state index contributed by atoms with van der Waals surface area (Å²) in [6, 6.07) is 7.47. The average molecular weight is 456 g/mol. The van der Waals surface area contributed by atoms with Gasteiger partial charge in [-0.3, -0.25) is 4.79 Å². The standard InChI is InChI=1S/C23H26FN5O2S/c1-2-20(31)25-9-16-13-7-15-19(8-13)32-11-18(30)12-4-3-5-14(6-12)27-23-26-10-17(24)22(29-23)28-21(15)16/h2-6,10,13,15-16,18-19,21,30H,1,7-9,11H2,(H,25,31)(H2,26,27,28,29)/t13-,15-,16+,18?,19-,21-/m1/s1. The Morgan fingerprint density at radius 2 is 2.28 bits per heavy atom. The van der Waals surface area contributed by atoms with Crippen LogP contribution in [-0.4, -0.2) is 44.6 Å². The number of rotatable bonds is 3. The summed E-state index contributed by atoms with van der Waals surface area (Å²) >= 11 is 1.78. The molecule has 7 nitrogen and oxygen atoms in total. The van der Waals surface area contributed by atoms with Crippen molar-refractivity contribution in [1.82, 2.24) is 15.3 Å². The van der Waals surface area contributed by atoms with E-state index in [0.29, 0.717) is 29.4 Å². The minimum Gasteiger partial charge on any atom is -0.388 e. The monoisotopic (exact) mass is 455 g/mol. The van der Waals surface area contributed by atoms with Crippen LogP contribution in [0.25, 0.3) is 0 Å². The molecule has 0 saturated heterocycles. The molecule has 6 bridgehead atoms. The summed E-state index contributed by atoms with van der Waals surface area (Å²) in [5, 5.41) is 20.5. The molecule has 1 amide bonds. The molecule has 2 fully saturated rings. The van der Waals surface area contributed by atoms with E-state index >= 15 is 0 Å². The summed E-state index contributed by atoms with van der Waals surface area (Å²) < 4.78 is 14.7. The lowest BCUT2D eigenvalue weighted by Gasteiger charge is -2.37. The Morgan fingerprint density at radius 3 is 3.12 bits per heavy atom. The van der Waals surface area contributed by atoms with E-state index in [9.17, 15) is 14.3 Å². The van der Waals surface area contributed by atoms with Crippen LogP contribution in [0.5, 0.6) is 0 Å². The fraction of sp³-hybridized carbons (Fsp3) is 0.435. The summed E-state index contributed by atoms with van der Waals surface area (Å²) in [7, 11) is 0. The molecule has 32 heavy (non-hydrogen) atoms. The Hall–Kier alpha value is -2.65. The molecule has 9 heteroatoms. The number of carbonyl (C=O) groups excluding carboxylic acids is 1. The first-order valence-electron chi connectivity index (χ1n) is 10.9. The summed E-state index contributed by atoms with van der Waals surface area (Å²) in [5.41, 5.74) is 1.55. The molecule has 0 spiro atoms. The minimum atomic E-state index is -0.581. The predicted molar refractivity (Wildman–Crippen MR) is 123 cm³/mol. The Balaban J connectivity index is 1.48. The molecular weight excluding hydrogens is 429 g/mol. The van der Waals surface area contributed by atoms with Gasteiger partial charge in [-0.05, 0) is 54.4 Å². The second kappa shape index (κ2) is 8.71. The molecule has 2 aliphatic carbocycles. The van der Waals surface area contributed by atoms with Crippen molar-refractivity contribution in [1.29, 1.82) is 0 Å². The second-order valence-electron chi connectivity index (χ2n) is 8.71. The van der Waals surface area contributed by atoms with Gasteiger partial charge in [0, 0.05) is 29.3 Å². The van der Waals surface area contributed by atoms with Crippen LogP contribution in [0.15, 0.2) is 43.1 Å². The van der Waals surface area contributed by atoms with Gasteiger partial charge >= 0.3 is 0 Å². The maximum Gasteiger partial charge on any atom is 0.243 e. The highest BCUT2D eigenvalue weighted by molar-refractivity contribution is 7.99. The number of aliphatic hydroxyl groups excluding tert-OH is 1. The van der Waals surface area contributed by atoms with E-state index in [1.54, 1.807) is 11.8 Å². The molecule has 1 aliphatic heterocycles. The number of halogens is 1. The first-order chi connectivity index (χ1) is 15.5. The van der Waals surface area contributed by atoms with E-state index in [2.05, 4.69) is 32.5 Å². The highest BCUT2D eigenvalue weighted by atomic mass is 32.2. The van der Waals surface area contributed by atoms with Crippen molar-refractivity contribution in [3.63, 3.8) is 0 Å². The fourth-order valence-electron chi connectivity index (χ4n) is 5.35. The molecule has 2 saturated carbocycles. The van der Waals surface area contributed by atoms with Gasteiger partial charge in [0.05, 0.1) is 12.3 Å². The predicted octanol–water partition coefficient (Wildman–Crippen LogP) is 3.25. The van der Waals surface area contributed by atoms with Crippen molar-refractivity contribution in [2.24, 2.45) is 17.8 Å². The number of fused-ring (bicyclic) bond motifs is 5. The molecule has 5 rings (SSSR count). The van der Waals surface area contributed by atoms with E-state index in [0.717, 1.165) is 30.3 Å². The molecule has 1 unspecified atom stereocenters. The Morgan fingerprint density at radius 1 is 1.41 bits per heavy atom. The second-order valence-corrected chi connectivity index (χ2v) is 9.98. The molecule has 1 aromatic heterocycles. The van der Waals surface area contributed by atoms with Crippen LogP contribution in [0.1, 0.15) is 24.5 Å². The van der Waals surface area contributed by atoms with Crippen molar-refractivity contribution in [2.45, 2.75) is 30.2 Å². The van der Waals surface area contributed by atoms with Gasteiger partial charge in [0.25, 0.3) is 0 Å². The number of carbonyl (C=O) groups is 1. The smallest absolute Gasteiger partial charge is 0.243 e. The van der Waals surface area contributed by atoms with Gasteiger partial charge in [-0.2, -0.15) is 16.7 Å². The van der Waals surface area contributed by atoms with Crippen molar-refractivity contribution in [3.8, 4) is 0 Å². The highest BCUT2D eigenvalue weighted by Crippen LogP contribution is 2.53. The first kappa shape index (κ1) is 21.2. The lowest BCUT2D eigenvalue weighted by molar-refractivity contribution is -0.116. The third-order valence-electron chi connectivity index (χ3n) is 6.86. The van der Waals surface area contributed by atoms with Gasteiger partial charge in [-0.15, -0.1) is 0 Å². The van der Waals surface area contributed by atoms with Crippen LogP contribution in [0.2, 0.25) is 0 Å². The van der Waals surface area contributed by atoms with Gasteiger partial charge < -0.3 is 21.1 Å². The zero-order chi connectivity index (χ0) is 22.2. The Kier molecular flexibility index (Phi) is 5.77. The third-order valence-corrected chi connectivity index (χ3v) is 8.33. The maximum absolute atomic E-state index is 14.7. The number of aromatic nitrogens is 2. The van der Waals surface area contributed by atoms with Crippen LogP contribution in [0, 0.1) is 23.6 Å². The molecule has 2 aromatic rings. The lowest BCUT2D eigenvalue weighted by atomic mass is 9.84. The van der Waals surface area contributed by atoms with Gasteiger partial charge in [0.1, 0.15) is 0 Å². The van der Waals surface area contributed by atoms with Crippen LogP contribution in [-0.2, 0) is 4.79 Å². The number of hydrogen-bond donors (Lipinski definition) is 4. The molecule has 168 valence electrons. The van der Waals surface area contributed by atoms with Gasteiger partial charge in [0.15, 0.2) is 11.6 Å². The van der Waals surface area contributed by atoms with Gasteiger partial charge in [-0.25, -0.2) is 9.37 Å². The summed E-state index contributed by atoms with van der Waals surface area (Å²) in [4.78, 5) is 20.2. The van der Waals surface area contributed by atoms with E-state index < -0.39 is 11.9 Å². The number of aliphatic hydroxyl groups is 1. The van der Waals surface area contributed by atoms with Crippen LogP contribution in [0.3, 0.4) is 0 Å². The minimum absolute atomic E-state index is 0.0356. The molecular formula is C23H26FN5O2S. The fourth-order valence-corrected chi connectivity index (χ4v) is 6.88. The quantitative estimate of drug-likeness (QED) is 0.528. The number of anilines is 3. The number of thioether (sulfide) groups is 1. The van der Waals surface area contributed by atoms with E-state index in [1.807, 2.05) is 24.3 Å². The van der Waals surface area contributed by atoms with Crippen LogP contribution < -0.4 is 16.0 Å². The molecule has 4 N–H and O–H groups in total. The molecule has 6 atom stereocenters. The molecule has 2 heterocycles. The number of benzene rings is 1. The maximum atomic E-state index is 14.7. The van der Waals surface area contributed by atoms with E-state index in [-0.39, 0.29) is 29.6 Å². The average Bonchev–Trinajstić information content (AvgIpc) is 3.36. The van der Waals surface area contributed by atoms with Crippen LogP contribution >= 0.6 is 11.8 Å². The zero-order valence-corrected chi connectivity index (χ0v) is 18.3. The number of nitrogens with one attached hydrogen (secondary N) is 3. The third kappa shape index (κ3) is 4.06.